The van der Waals surface area contributed by atoms with Gasteiger partial charge in [0.05, 0.1) is 7.11 Å². The van der Waals surface area contributed by atoms with Gasteiger partial charge in [-0.1, -0.05) is 17.9 Å². The Morgan fingerprint density at radius 2 is 2.31 bits per heavy atom. The fourth-order valence-corrected chi connectivity index (χ4v) is 1.48. The summed E-state index contributed by atoms with van der Waals surface area (Å²) in [6.07, 6.45) is 1.99. The minimum Gasteiger partial charge on any atom is -0.468 e. The van der Waals surface area contributed by atoms with Gasteiger partial charge in [-0.15, -0.1) is 0 Å². The molecule has 2 aromatic rings. The van der Waals surface area contributed by atoms with Crippen molar-refractivity contribution >= 4 is 16.9 Å². The minimum absolute atomic E-state index is 0.122. The second-order valence-electron chi connectivity index (χ2n) is 3.30. The molecule has 0 bridgehead atoms. The molecule has 0 fully saturated rings. The van der Waals surface area contributed by atoms with Gasteiger partial charge in [0.15, 0.2) is 0 Å². The number of benzene rings is 1. The van der Waals surface area contributed by atoms with E-state index in [-0.39, 0.29) is 12.4 Å². The lowest BCUT2D eigenvalue weighted by atomic mass is 10.1. The third-order valence-electron chi connectivity index (χ3n) is 2.28. The van der Waals surface area contributed by atoms with Crippen molar-refractivity contribution in [2.45, 2.75) is 6.42 Å². The molecule has 1 N–H and O–H groups in total. The van der Waals surface area contributed by atoms with Gasteiger partial charge in [0.25, 0.3) is 0 Å². The first-order chi connectivity index (χ1) is 7.81. The molecule has 0 unspecified atom stereocenters. The summed E-state index contributed by atoms with van der Waals surface area (Å²) in [6, 6.07) is 7.82. The van der Waals surface area contributed by atoms with Gasteiger partial charge >= 0.3 is 5.97 Å². The lowest BCUT2D eigenvalue weighted by Gasteiger charge is -1.93. The van der Waals surface area contributed by atoms with Crippen LogP contribution in [-0.2, 0) is 9.53 Å². The fraction of sp³-hybridized carbons (Fsp3) is 0.154. The molecule has 1 heterocycles. The third kappa shape index (κ3) is 2.06. The van der Waals surface area contributed by atoms with Crippen molar-refractivity contribution in [1.29, 1.82) is 0 Å². The molecule has 3 heteroatoms. The zero-order valence-electron chi connectivity index (χ0n) is 8.91. The number of H-pyrrole nitrogens is 1. The zero-order valence-corrected chi connectivity index (χ0v) is 8.91. The predicted molar refractivity (Wildman–Crippen MR) is 61.8 cm³/mol. The molecule has 0 atom stereocenters. The standard InChI is InChI=1S/C13H11NO2/c1-16-13(15)7-3-5-10-4-2-6-12-11(10)8-9-14-12/h2,4,6,8-9,14H,7H2,1H3. The fourth-order valence-electron chi connectivity index (χ4n) is 1.48. The van der Waals surface area contributed by atoms with E-state index < -0.39 is 0 Å². The average Bonchev–Trinajstić information content (AvgIpc) is 2.77. The highest BCUT2D eigenvalue weighted by molar-refractivity contribution is 5.85. The summed E-state index contributed by atoms with van der Waals surface area (Å²) in [4.78, 5) is 14.0. The maximum atomic E-state index is 10.9. The van der Waals surface area contributed by atoms with Crippen molar-refractivity contribution in [3.63, 3.8) is 0 Å². The van der Waals surface area contributed by atoms with Crippen LogP contribution in [0.3, 0.4) is 0 Å². The molecule has 1 aromatic heterocycles. The molecule has 0 radical (unpaired) electrons. The normalized spacial score (nSPS) is 9.56. The lowest BCUT2D eigenvalue weighted by Crippen LogP contribution is -1.97. The molecule has 80 valence electrons. The van der Waals surface area contributed by atoms with Gasteiger partial charge in [-0.25, -0.2) is 0 Å². The number of aromatic amines is 1. The Kier molecular flexibility index (Phi) is 2.93. The number of rotatable bonds is 1. The maximum Gasteiger partial charge on any atom is 0.317 e. The summed E-state index contributed by atoms with van der Waals surface area (Å²) in [7, 11) is 1.36. The molecule has 0 aliphatic carbocycles. The SMILES string of the molecule is COC(=O)CC#Cc1cccc2[nH]ccc12. The van der Waals surface area contributed by atoms with Gasteiger partial charge in [-0.2, -0.15) is 0 Å². The van der Waals surface area contributed by atoms with E-state index in [1.54, 1.807) is 0 Å². The lowest BCUT2D eigenvalue weighted by molar-refractivity contribution is -0.139. The van der Waals surface area contributed by atoms with E-state index in [0.717, 1.165) is 16.5 Å². The van der Waals surface area contributed by atoms with E-state index >= 15 is 0 Å². The van der Waals surface area contributed by atoms with Crippen molar-refractivity contribution in [2.24, 2.45) is 0 Å². The molecule has 0 aliphatic heterocycles. The summed E-state index contributed by atoms with van der Waals surface area (Å²) in [5.41, 5.74) is 1.97. The van der Waals surface area contributed by atoms with Crippen LogP contribution in [0.2, 0.25) is 0 Å². The number of nitrogens with one attached hydrogen (secondary N) is 1. The number of hydrogen-bond donors (Lipinski definition) is 1. The van der Waals surface area contributed by atoms with Crippen LogP contribution in [0.25, 0.3) is 10.9 Å². The van der Waals surface area contributed by atoms with Crippen LogP contribution in [0, 0.1) is 11.8 Å². The van der Waals surface area contributed by atoms with Crippen molar-refractivity contribution in [1.82, 2.24) is 4.98 Å². The Morgan fingerprint density at radius 3 is 3.12 bits per heavy atom. The van der Waals surface area contributed by atoms with Gasteiger partial charge in [-0.3, -0.25) is 4.79 Å². The van der Waals surface area contributed by atoms with Crippen LogP contribution < -0.4 is 0 Å². The van der Waals surface area contributed by atoms with Crippen LogP contribution in [0.5, 0.6) is 0 Å². The highest BCUT2D eigenvalue weighted by Gasteiger charge is 1.98. The van der Waals surface area contributed by atoms with E-state index in [0.29, 0.717) is 0 Å². The van der Waals surface area contributed by atoms with Crippen LogP contribution >= 0.6 is 0 Å². The molecule has 0 aliphatic rings. The zero-order chi connectivity index (χ0) is 11.4. The molecule has 0 saturated heterocycles. The molecule has 0 spiro atoms. The minimum atomic E-state index is -0.311. The summed E-state index contributed by atoms with van der Waals surface area (Å²) in [6.45, 7) is 0. The molecule has 2 rings (SSSR count). The van der Waals surface area contributed by atoms with Gasteiger partial charge in [0.1, 0.15) is 6.42 Å². The number of methoxy groups -OCH3 is 1. The number of carbonyl (C=O) groups excluding carboxylic acids is 1. The highest BCUT2D eigenvalue weighted by Crippen LogP contribution is 2.15. The van der Waals surface area contributed by atoms with Crippen LogP contribution in [0.4, 0.5) is 0 Å². The van der Waals surface area contributed by atoms with E-state index in [1.807, 2.05) is 30.5 Å². The summed E-state index contributed by atoms with van der Waals surface area (Å²) in [5, 5.41) is 1.07. The Balaban J connectivity index is 2.27. The molecular formula is C13H11NO2. The molecule has 16 heavy (non-hydrogen) atoms. The number of ether oxygens (including phenoxy) is 1. The van der Waals surface area contributed by atoms with Crippen LogP contribution in [-0.4, -0.2) is 18.1 Å². The largest absolute Gasteiger partial charge is 0.468 e. The van der Waals surface area contributed by atoms with Gasteiger partial charge in [0, 0.05) is 22.7 Å². The quantitative estimate of drug-likeness (QED) is 0.582. The smallest absolute Gasteiger partial charge is 0.317 e. The summed E-state index contributed by atoms with van der Waals surface area (Å²) in [5.74, 6) is 5.45. The number of aromatic nitrogens is 1. The van der Waals surface area contributed by atoms with E-state index in [4.69, 9.17) is 0 Å². The van der Waals surface area contributed by atoms with Gasteiger partial charge in [-0.05, 0) is 18.2 Å². The number of hydrogen-bond acceptors (Lipinski definition) is 2. The summed E-state index contributed by atoms with van der Waals surface area (Å²) < 4.78 is 4.51. The van der Waals surface area contributed by atoms with Crippen LogP contribution in [0.1, 0.15) is 12.0 Å². The van der Waals surface area contributed by atoms with Crippen molar-refractivity contribution in [3.8, 4) is 11.8 Å². The van der Waals surface area contributed by atoms with Crippen molar-refractivity contribution < 1.29 is 9.53 Å². The summed E-state index contributed by atoms with van der Waals surface area (Å²) >= 11 is 0. The van der Waals surface area contributed by atoms with Crippen molar-refractivity contribution in [3.05, 3.63) is 36.0 Å². The van der Waals surface area contributed by atoms with E-state index in [1.165, 1.54) is 7.11 Å². The van der Waals surface area contributed by atoms with Gasteiger partial charge in [0.2, 0.25) is 0 Å². The third-order valence-corrected chi connectivity index (χ3v) is 2.28. The first-order valence-electron chi connectivity index (χ1n) is 4.93. The molecule has 0 saturated carbocycles. The monoisotopic (exact) mass is 213 g/mol. The molecular weight excluding hydrogens is 202 g/mol. The maximum absolute atomic E-state index is 10.9. The predicted octanol–water partition coefficient (Wildman–Crippen LogP) is 2.08. The Morgan fingerprint density at radius 1 is 1.44 bits per heavy atom. The highest BCUT2D eigenvalue weighted by atomic mass is 16.5. The van der Waals surface area contributed by atoms with Gasteiger partial charge < -0.3 is 9.72 Å². The number of carbonyl (C=O) groups is 1. The van der Waals surface area contributed by atoms with E-state index in [9.17, 15) is 4.79 Å². The first-order valence-corrected chi connectivity index (χ1v) is 4.93. The number of esters is 1. The van der Waals surface area contributed by atoms with Crippen molar-refractivity contribution in [2.75, 3.05) is 7.11 Å². The van der Waals surface area contributed by atoms with E-state index in [2.05, 4.69) is 21.6 Å². The average molecular weight is 213 g/mol. The second kappa shape index (κ2) is 4.54. The second-order valence-corrected chi connectivity index (χ2v) is 3.30. The molecule has 3 nitrogen and oxygen atoms in total. The molecule has 0 amide bonds. The Hall–Kier alpha value is -2.21. The Bertz CT molecular complexity index is 572. The number of fused-ring (bicyclic) bond motifs is 1. The van der Waals surface area contributed by atoms with Crippen LogP contribution in [0.15, 0.2) is 30.5 Å². The Labute approximate surface area is 93.4 Å². The molecule has 1 aromatic carbocycles. The first kappa shape index (κ1) is 10.3. The topological polar surface area (TPSA) is 42.1 Å².